The molecule has 0 radical (unpaired) electrons. The van der Waals surface area contributed by atoms with Gasteiger partial charge in [0.2, 0.25) is 0 Å². The van der Waals surface area contributed by atoms with Crippen LogP contribution in [-0.4, -0.2) is 17.9 Å². The van der Waals surface area contributed by atoms with Crippen molar-refractivity contribution in [3.05, 3.63) is 95.9 Å². The van der Waals surface area contributed by atoms with E-state index in [1.165, 1.54) is 0 Å². The van der Waals surface area contributed by atoms with Gasteiger partial charge in [0.25, 0.3) is 11.8 Å². The number of carbonyl (C=O) groups excluding carboxylic acids is 2. The Hall–Kier alpha value is -4.06. The van der Waals surface area contributed by atoms with Gasteiger partial charge in [0.05, 0.1) is 0 Å². The predicted molar refractivity (Wildman–Crippen MR) is 124 cm³/mol. The molecule has 0 bridgehead atoms. The molecule has 32 heavy (non-hydrogen) atoms. The fourth-order valence-corrected chi connectivity index (χ4v) is 3.23. The third-order valence-corrected chi connectivity index (χ3v) is 4.81. The van der Waals surface area contributed by atoms with E-state index in [9.17, 15) is 9.59 Å². The average molecular weight is 428 g/mol. The zero-order chi connectivity index (χ0) is 22.5. The maximum absolute atomic E-state index is 12.5. The Balaban J connectivity index is 1.34. The van der Waals surface area contributed by atoms with E-state index in [0.717, 1.165) is 16.5 Å². The van der Waals surface area contributed by atoms with Gasteiger partial charge in [-0.05, 0) is 73.2 Å². The third-order valence-electron chi connectivity index (χ3n) is 4.81. The SMILES string of the molecule is CC(C)NC(=O)c1ccc(NC(=O)c2ccc(COc3ccc4ccccc4c3)o2)cc1. The second-order valence-electron chi connectivity index (χ2n) is 7.72. The molecule has 4 rings (SSSR count). The van der Waals surface area contributed by atoms with Crippen LogP contribution < -0.4 is 15.4 Å². The standard InChI is InChI=1S/C26H24N2O4/c1-17(2)27-25(29)19-7-10-21(11-8-19)28-26(30)24-14-13-23(32-24)16-31-22-12-9-18-5-3-4-6-20(18)15-22/h3-15,17H,16H2,1-2H3,(H,27,29)(H,28,30). The number of hydrogen-bond acceptors (Lipinski definition) is 4. The fraction of sp³-hybridized carbons (Fsp3) is 0.154. The van der Waals surface area contributed by atoms with Gasteiger partial charge in [0, 0.05) is 17.3 Å². The summed E-state index contributed by atoms with van der Waals surface area (Å²) in [5.41, 5.74) is 1.10. The van der Waals surface area contributed by atoms with Gasteiger partial charge in [-0.2, -0.15) is 0 Å². The van der Waals surface area contributed by atoms with Crippen LogP contribution in [0.1, 0.15) is 40.5 Å². The van der Waals surface area contributed by atoms with Crippen LogP contribution in [0.25, 0.3) is 10.8 Å². The van der Waals surface area contributed by atoms with E-state index in [1.54, 1.807) is 36.4 Å². The topological polar surface area (TPSA) is 80.6 Å². The molecule has 4 aromatic rings. The smallest absolute Gasteiger partial charge is 0.291 e. The molecule has 1 aromatic heterocycles. The molecule has 2 N–H and O–H groups in total. The molecular formula is C26H24N2O4. The number of hydrogen-bond donors (Lipinski definition) is 2. The van der Waals surface area contributed by atoms with E-state index in [2.05, 4.69) is 10.6 Å². The molecule has 0 saturated carbocycles. The molecule has 1 heterocycles. The van der Waals surface area contributed by atoms with Gasteiger partial charge < -0.3 is 19.8 Å². The molecule has 162 valence electrons. The van der Waals surface area contributed by atoms with Crippen LogP contribution in [-0.2, 0) is 6.61 Å². The van der Waals surface area contributed by atoms with Crippen molar-refractivity contribution in [2.75, 3.05) is 5.32 Å². The summed E-state index contributed by atoms with van der Waals surface area (Å²) in [5.74, 6) is 0.932. The molecular weight excluding hydrogens is 404 g/mol. The number of amides is 2. The first kappa shape index (κ1) is 21.2. The largest absolute Gasteiger partial charge is 0.486 e. The lowest BCUT2D eigenvalue weighted by Gasteiger charge is -2.09. The first-order valence-corrected chi connectivity index (χ1v) is 10.4. The van der Waals surface area contributed by atoms with E-state index in [1.807, 2.05) is 56.3 Å². The normalized spacial score (nSPS) is 10.8. The van der Waals surface area contributed by atoms with Gasteiger partial charge in [-0.15, -0.1) is 0 Å². The third kappa shape index (κ3) is 5.16. The maximum Gasteiger partial charge on any atom is 0.291 e. The Morgan fingerprint density at radius 2 is 1.62 bits per heavy atom. The summed E-state index contributed by atoms with van der Waals surface area (Å²) in [6.07, 6.45) is 0. The van der Waals surface area contributed by atoms with Gasteiger partial charge in [-0.25, -0.2) is 0 Å². The molecule has 0 unspecified atom stereocenters. The summed E-state index contributed by atoms with van der Waals surface area (Å²) in [4.78, 5) is 24.5. The first-order valence-electron chi connectivity index (χ1n) is 10.4. The minimum absolute atomic E-state index is 0.0558. The van der Waals surface area contributed by atoms with Crippen molar-refractivity contribution < 1.29 is 18.7 Å². The van der Waals surface area contributed by atoms with E-state index in [-0.39, 0.29) is 30.2 Å². The molecule has 3 aromatic carbocycles. The minimum Gasteiger partial charge on any atom is -0.486 e. The number of ether oxygens (including phenoxy) is 1. The van der Waals surface area contributed by atoms with Crippen molar-refractivity contribution in [1.29, 1.82) is 0 Å². The second-order valence-corrected chi connectivity index (χ2v) is 7.72. The van der Waals surface area contributed by atoms with Crippen LogP contribution in [0.4, 0.5) is 5.69 Å². The first-order chi connectivity index (χ1) is 15.5. The fourth-order valence-electron chi connectivity index (χ4n) is 3.23. The summed E-state index contributed by atoms with van der Waals surface area (Å²) < 4.78 is 11.4. The minimum atomic E-state index is -0.374. The highest BCUT2D eigenvalue weighted by Crippen LogP contribution is 2.22. The summed E-state index contributed by atoms with van der Waals surface area (Å²) in [6.45, 7) is 4.01. The van der Waals surface area contributed by atoms with Gasteiger partial charge in [-0.3, -0.25) is 9.59 Å². The van der Waals surface area contributed by atoms with Crippen molar-refractivity contribution in [2.45, 2.75) is 26.5 Å². The Bertz CT molecular complexity index is 1240. The lowest BCUT2D eigenvalue weighted by Crippen LogP contribution is -2.30. The predicted octanol–water partition coefficient (Wildman–Crippen LogP) is 5.40. The number of fused-ring (bicyclic) bond motifs is 1. The van der Waals surface area contributed by atoms with Crippen LogP contribution in [0.2, 0.25) is 0 Å². The summed E-state index contributed by atoms with van der Waals surface area (Å²) >= 11 is 0. The molecule has 0 fully saturated rings. The van der Waals surface area contributed by atoms with Crippen LogP contribution in [0.15, 0.2) is 83.3 Å². The number of furan rings is 1. The van der Waals surface area contributed by atoms with E-state index >= 15 is 0 Å². The molecule has 0 spiro atoms. The quantitative estimate of drug-likeness (QED) is 0.413. The number of rotatable bonds is 7. The number of anilines is 1. The molecule has 0 saturated heterocycles. The van der Waals surface area contributed by atoms with Gasteiger partial charge in [0.15, 0.2) is 5.76 Å². The van der Waals surface area contributed by atoms with E-state index in [0.29, 0.717) is 17.0 Å². The lowest BCUT2D eigenvalue weighted by atomic mass is 10.1. The summed E-state index contributed by atoms with van der Waals surface area (Å²) in [5, 5.41) is 7.83. The van der Waals surface area contributed by atoms with Gasteiger partial charge in [0.1, 0.15) is 18.1 Å². The van der Waals surface area contributed by atoms with Crippen molar-refractivity contribution >= 4 is 28.3 Å². The monoisotopic (exact) mass is 428 g/mol. The summed E-state index contributed by atoms with van der Waals surface area (Å²) in [7, 11) is 0. The van der Waals surface area contributed by atoms with E-state index in [4.69, 9.17) is 9.15 Å². The highest BCUT2D eigenvalue weighted by atomic mass is 16.5. The van der Waals surface area contributed by atoms with Crippen LogP contribution in [0.3, 0.4) is 0 Å². The molecule has 0 atom stereocenters. The van der Waals surface area contributed by atoms with E-state index < -0.39 is 0 Å². The molecule has 6 nitrogen and oxygen atoms in total. The van der Waals surface area contributed by atoms with Crippen molar-refractivity contribution in [3.8, 4) is 5.75 Å². The van der Waals surface area contributed by atoms with Gasteiger partial charge >= 0.3 is 0 Å². The van der Waals surface area contributed by atoms with Gasteiger partial charge in [-0.1, -0.05) is 30.3 Å². The Morgan fingerprint density at radius 3 is 2.38 bits per heavy atom. The molecule has 0 aliphatic carbocycles. The van der Waals surface area contributed by atoms with Crippen LogP contribution >= 0.6 is 0 Å². The molecule has 0 aliphatic heterocycles. The Morgan fingerprint density at radius 1 is 0.875 bits per heavy atom. The van der Waals surface area contributed by atoms with Crippen LogP contribution in [0.5, 0.6) is 5.75 Å². The Labute approximate surface area is 186 Å². The van der Waals surface area contributed by atoms with Crippen molar-refractivity contribution in [1.82, 2.24) is 5.32 Å². The number of carbonyl (C=O) groups is 2. The zero-order valence-electron chi connectivity index (χ0n) is 17.9. The Kier molecular flexibility index (Phi) is 6.22. The molecule has 0 aliphatic rings. The molecule has 6 heteroatoms. The van der Waals surface area contributed by atoms with Crippen molar-refractivity contribution in [3.63, 3.8) is 0 Å². The number of nitrogens with one attached hydrogen (secondary N) is 2. The van der Waals surface area contributed by atoms with Crippen LogP contribution in [0, 0.1) is 0 Å². The second kappa shape index (κ2) is 9.39. The number of benzene rings is 3. The highest BCUT2D eigenvalue weighted by molar-refractivity contribution is 6.02. The molecule has 2 amide bonds. The summed E-state index contributed by atoms with van der Waals surface area (Å²) in [6, 6.07) is 24.0. The zero-order valence-corrected chi connectivity index (χ0v) is 17.9. The maximum atomic E-state index is 12.5. The average Bonchev–Trinajstić information content (AvgIpc) is 3.27. The van der Waals surface area contributed by atoms with Crippen molar-refractivity contribution in [2.24, 2.45) is 0 Å². The lowest BCUT2D eigenvalue weighted by molar-refractivity contribution is 0.0942. The highest BCUT2D eigenvalue weighted by Gasteiger charge is 2.13.